The van der Waals surface area contributed by atoms with Crippen LogP contribution in [0, 0.1) is 5.92 Å². The van der Waals surface area contributed by atoms with Crippen LogP contribution in [0.3, 0.4) is 0 Å². The highest BCUT2D eigenvalue weighted by molar-refractivity contribution is 7.82. The second-order valence-electron chi connectivity index (χ2n) is 3.98. The summed E-state index contributed by atoms with van der Waals surface area (Å²) in [4.78, 5) is 9.06. The van der Waals surface area contributed by atoms with Crippen molar-refractivity contribution in [3.05, 3.63) is 0 Å². The molecule has 0 aromatic rings. The first-order valence-corrected chi connectivity index (χ1v) is 7.48. The van der Waals surface area contributed by atoms with Gasteiger partial charge in [0.1, 0.15) is 0 Å². The molecule has 0 spiro atoms. The standard InChI is InChI=1S/C8H17ClNO4P/c1-6(2)5-7(10-15(9,11)12)8-13-3-4-14-8/h6-8H,3-5H2,1-2H3,(H2,10,11,12)/t7-/m0/s1. The van der Waals surface area contributed by atoms with Crippen LogP contribution < -0.4 is 5.09 Å². The van der Waals surface area contributed by atoms with E-state index in [4.69, 9.17) is 25.6 Å². The number of nitrogens with one attached hydrogen (secondary N) is 1. The zero-order chi connectivity index (χ0) is 11.5. The first kappa shape index (κ1) is 13.4. The summed E-state index contributed by atoms with van der Waals surface area (Å²) < 4.78 is 21.6. The van der Waals surface area contributed by atoms with Crippen LogP contribution in [0.5, 0.6) is 0 Å². The summed E-state index contributed by atoms with van der Waals surface area (Å²) in [5.74, 6) is 0.360. The molecule has 1 unspecified atom stereocenters. The molecular weight excluding hydrogens is 241 g/mol. The van der Waals surface area contributed by atoms with Crippen molar-refractivity contribution in [2.45, 2.75) is 32.6 Å². The maximum Gasteiger partial charge on any atom is 0.358 e. The Kier molecular flexibility index (Phi) is 5.03. The van der Waals surface area contributed by atoms with Gasteiger partial charge in [0.15, 0.2) is 6.29 Å². The second-order valence-corrected chi connectivity index (χ2v) is 6.61. The van der Waals surface area contributed by atoms with E-state index in [1.165, 1.54) is 0 Å². The zero-order valence-electron chi connectivity index (χ0n) is 8.85. The molecule has 1 rings (SSSR count). The first-order valence-electron chi connectivity index (χ1n) is 4.92. The van der Waals surface area contributed by atoms with E-state index in [1.54, 1.807) is 0 Å². The van der Waals surface area contributed by atoms with Crippen LogP contribution in [0.15, 0.2) is 0 Å². The molecule has 5 nitrogen and oxygen atoms in total. The predicted molar refractivity (Wildman–Crippen MR) is 57.7 cm³/mol. The molecule has 0 aromatic heterocycles. The lowest BCUT2D eigenvalue weighted by Crippen LogP contribution is -2.39. The average molecular weight is 258 g/mol. The van der Waals surface area contributed by atoms with Crippen LogP contribution >= 0.6 is 18.1 Å². The SMILES string of the molecule is CC(C)C[C@H](NP(=O)(O)Cl)C1OCCO1. The van der Waals surface area contributed by atoms with Crippen molar-refractivity contribution in [1.82, 2.24) is 5.09 Å². The topological polar surface area (TPSA) is 67.8 Å². The normalized spacial score (nSPS) is 24.3. The minimum Gasteiger partial charge on any atom is -0.349 e. The number of ether oxygens (including phenoxy) is 2. The van der Waals surface area contributed by atoms with E-state index in [-0.39, 0.29) is 6.04 Å². The summed E-state index contributed by atoms with van der Waals surface area (Å²) in [6.07, 6.45) is 0.189. The lowest BCUT2D eigenvalue weighted by Gasteiger charge is -2.25. The fourth-order valence-electron chi connectivity index (χ4n) is 1.55. The van der Waals surface area contributed by atoms with E-state index in [9.17, 15) is 4.57 Å². The van der Waals surface area contributed by atoms with Gasteiger partial charge in [-0.2, -0.15) is 0 Å². The highest BCUT2D eigenvalue weighted by Crippen LogP contribution is 2.43. The molecule has 0 saturated carbocycles. The lowest BCUT2D eigenvalue weighted by atomic mass is 10.0. The molecule has 90 valence electrons. The minimum atomic E-state index is -3.77. The molecule has 1 aliphatic rings. The van der Waals surface area contributed by atoms with Crippen LogP contribution in [-0.4, -0.2) is 30.4 Å². The third-order valence-corrected chi connectivity index (χ3v) is 2.97. The Morgan fingerprint density at radius 2 is 2.07 bits per heavy atom. The quantitative estimate of drug-likeness (QED) is 0.734. The third-order valence-electron chi connectivity index (χ3n) is 2.03. The van der Waals surface area contributed by atoms with Gasteiger partial charge >= 0.3 is 6.87 Å². The van der Waals surface area contributed by atoms with E-state index in [2.05, 4.69) is 5.09 Å². The molecule has 0 aliphatic carbocycles. The molecule has 0 amide bonds. The molecule has 0 aromatic carbocycles. The Morgan fingerprint density at radius 3 is 2.47 bits per heavy atom. The monoisotopic (exact) mass is 257 g/mol. The van der Waals surface area contributed by atoms with Gasteiger partial charge in [0.25, 0.3) is 0 Å². The summed E-state index contributed by atoms with van der Waals surface area (Å²) in [6.45, 7) is 1.29. The average Bonchev–Trinajstić information content (AvgIpc) is 2.50. The van der Waals surface area contributed by atoms with Crippen LogP contribution in [-0.2, 0) is 14.0 Å². The van der Waals surface area contributed by atoms with Crippen LogP contribution in [0.4, 0.5) is 0 Å². The molecule has 1 saturated heterocycles. The van der Waals surface area contributed by atoms with Gasteiger partial charge in [-0.1, -0.05) is 13.8 Å². The van der Waals surface area contributed by atoms with Crippen molar-refractivity contribution in [3.8, 4) is 0 Å². The summed E-state index contributed by atoms with van der Waals surface area (Å²) >= 11 is 5.28. The van der Waals surface area contributed by atoms with Gasteiger partial charge in [-0.3, -0.25) is 4.57 Å². The Morgan fingerprint density at radius 1 is 1.53 bits per heavy atom. The first-order chi connectivity index (χ1) is 6.88. The van der Waals surface area contributed by atoms with E-state index in [0.29, 0.717) is 25.6 Å². The summed E-state index contributed by atoms with van der Waals surface area (Å²) in [5.41, 5.74) is 0. The zero-order valence-corrected chi connectivity index (χ0v) is 10.5. The van der Waals surface area contributed by atoms with E-state index < -0.39 is 13.2 Å². The molecule has 1 aliphatic heterocycles. The second kappa shape index (κ2) is 5.62. The predicted octanol–water partition coefficient (Wildman–Crippen LogP) is 1.70. The third kappa shape index (κ3) is 5.29. The maximum atomic E-state index is 11.1. The van der Waals surface area contributed by atoms with Crippen LogP contribution in [0.2, 0.25) is 0 Å². The van der Waals surface area contributed by atoms with Gasteiger partial charge in [-0.15, -0.1) is 0 Å². The number of hydrogen-bond acceptors (Lipinski definition) is 3. The Bertz CT molecular complexity index is 239. The molecule has 7 heteroatoms. The van der Waals surface area contributed by atoms with E-state index in [1.807, 2.05) is 13.8 Å². The largest absolute Gasteiger partial charge is 0.358 e. The van der Waals surface area contributed by atoms with Gasteiger partial charge in [-0.05, 0) is 23.6 Å². The van der Waals surface area contributed by atoms with Crippen molar-refractivity contribution in [1.29, 1.82) is 0 Å². The summed E-state index contributed by atoms with van der Waals surface area (Å²) in [5, 5.41) is 2.46. The van der Waals surface area contributed by atoms with Crippen molar-refractivity contribution >= 4 is 18.1 Å². The highest BCUT2D eigenvalue weighted by Gasteiger charge is 2.31. The van der Waals surface area contributed by atoms with E-state index >= 15 is 0 Å². The summed E-state index contributed by atoms with van der Waals surface area (Å²) in [6, 6.07) is -0.346. The summed E-state index contributed by atoms with van der Waals surface area (Å²) in [7, 11) is 0. The Labute approximate surface area is 94.4 Å². The van der Waals surface area contributed by atoms with Crippen molar-refractivity contribution in [3.63, 3.8) is 0 Å². The van der Waals surface area contributed by atoms with Gasteiger partial charge in [0, 0.05) is 0 Å². The van der Waals surface area contributed by atoms with Crippen molar-refractivity contribution in [2.24, 2.45) is 5.92 Å². The molecule has 0 radical (unpaired) electrons. The molecular formula is C8H17ClNO4P. The number of rotatable bonds is 5. The van der Waals surface area contributed by atoms with Crippen molar-refractivity contribution < 1.29 is 18.9 Å². The fourth-order valence-corrected chi connectivity index (χ4v) is 2.56. The number of halogens is 1. The highest BCUT2D eigenvalue weighted by atomic mass is 35.7. The number of hydrogen-bond donors (Lipinski definition) is 2. The molecule has 1 heterocycles. The van der Waals surface area contributed by atoms with Crippen LogP contribution in [0.25, 0.3) is 0 Å². The van der Waals surface area contributed by atoms with Gasteiger partial charge in [-0.25, -0.2) is 5.09 Å². The van der Waals surface area contributed by atoms with Crippen LogP contribution in [0.1, 0.15) is 20.3 Å². The Hall–Kier alpha value is 0.360. The van der Waals surface area contributed by atoms with Crippen molar-refractivity contribution in [2.75, 3.05) is 13.2 Å². The minimum absolute atomic E-state index is 0.346. The van der Waals surface area contributed by atoms with Gasteiger partial charge in [0.2, 0.25) is 0 Å². The Balaban J connectivity index is 2.55. The smallest absolute Gasteiger partial charge is 0.349 e. The van der Waals surface area contributed by atoms with Gasteiger partial charge < -0.3 is 14.4 Å². The molecule has 15 heavy (non-hydrogen) atoms. The molecule has 2 N–H and O–H groups in total. The van der Waals surface area contributed by atoms with Gasteiger partial charge in [0.05, 0.1) is 19.3 Å². The molecule has 0 bridgehead atoms. The lowest BCUT2D eigenvalue weighted by molar-refractivity contribution is -0.0667. The fraction of sp³-hybridized carbons (Fsp3) is 1.00. The maximum absolute atomic E-state index is 11.1. The molecule has 1 fully saturated rings. The van der Waals surface area contributed by atoms with E-state index in [0.717, 1.165) is 0 Å². The molecule has 2 atom stereocenters.